The van der Waals surface area contributed by atoms with E-state index in [0.29, 0.717) is 0 Å². The molecule has 0 amide bonds. The average molecular weight is 1760 g/mol. The molecule has 120 heavy (non-hydrogen) atoms. The van der Waals surface area contributed by atoms with E-state index >= 15 is 0 Å². The highest BCUT2D eigenvalue weighted by atomic mass is 32.2. The molecule has 0 atom stereocenters. The van der Waals surface area contributed by atoms with Crippen molar-refractivity contribution in [2.24, 2.45) is 0 Å². The van der Waals surface area contributed by atoms with Gasteiger partial charge in [-0.25, -0.2) is 137 Å². The quantitative estimate of drug-likeness (QED) is 0.0568. The van der Waals surface area contributed by atoms with E-state index in [0.717, 1.165) is 0 Å². The number of hydrogen-bond acceptors (Lipinski definition) is 30. The van der Waals surface area contributed by atoms with Gasteiger partial charge in [-0.1, -0.05) is 146 Å². The van der Waals surface area contributed by atoms with Gasteiger partial charge >= 0.3 is 0 Å². The SMILES string of the molecule is O=S(=O)(Cc1nc2c(nc1CS(=O)(=O)c1ccccc1)-c1nc-2nc2[nH]c(nc3nc(nc4[nH]c(n1)c1nc(CS(=O)(=O)c5ccccc5)c(CS(=O)(=O)c5ccccc5)nc41)-c1nc(CS(=O)(=O)c4ccccc4)c(CS(=O)(=O)c4ccccc4)nc1-3)c1nc(CS(=O)(=O)c3ccccc3)c(CS(=O)(=O)c3ccccc3)nc21)c1ccccc1. The summed E-state index contributed by atoms with van der Waals surface area (Å²) >= 11 is 0. The van der Waals surface area contributed by atoms with E-state index in [9.17, 15) is 67.3 Å². The number of H-pyrrole nitrogens is 2. The van der Waals surface area contributed by atoms with Crippen molar-refractivity contribution in [3.8, 4) is 46.1 Å². The molecule has 8 bridgehead atoms. The Bertz CT molecular complexity index is 6970. The Morgan fingerprint density at radius 1 is 0.167 bits per heavy atom. The number of sulfone groups is 8. The number of nitrogens with one attached hydrogen (secondary N) is 2. The minimum atomic E-state index is -4.49. The summed E-state index contributed by atoms with van der Waals surface area (Å²) in [6.45, 7) is 0. The Hall–Kier alpha value is -13.0. The third kappa shape index (κ3) is 15.9. The second-order valence-electron chi connectivity index (χ2n) is 27.4. The van der Waals surface area contributed by atoms with Crippen LogP contribution in [0.5, 0.6) is 0 Å². The molecular weight excluding hydrogens is 1700 g/mol. The van der Waals surface area contributed by atoms with Gasteiger partial charge in [0.25, 0.3) is 0 Å². The summed E-state index contributed by atoms with van der Waals surface area (Å²) in [5.41, 5.74) is -8.51. The number of aromatic amines is 2. The molecule has 17 rings (SSSR count). The second kappa shape index (κ2) is 30.8. The highest BCUT2D eigenvalue weighted by molar-refractivity contribution is 7.92. The second-order valence-corrected chi connectivity index (χ2v) is 43.4. The molecule has 602 valence electrons. The molecule has 40 heteroatoms. The zero-order chi connectivity index (χ0) is 83.7. The maximum atomic E-state index is 14.7. The lowest BCUT2D eigenvalue weighted by Gasteiger charge is -2.12. The van der Waals surface area contributed by atoms with Crippen LogP contribution >= 0.6 is 0 Å². The molecule has 0 aliphatic carbocycles. The summed E-state index contributed by atoms with van der Waals surface area (Å²) in [7, 11) is -35.9. The molecule has 0 unspecified atom stereocenters. The third-order valence-corrected chi connectivity index (χ3v) is 32.3. The number of aromatic nitrogens is 16. The average Bonchev–Trinajstić information content (AvgIpc) is 1.58. The molecule has 0 fully saturated rings. The van der Waals surface area contributed by atoms with Crippen LogP contribution in [0.3, 0.4) is 0 Å². The van der Waals surface area contributed by atoms with E-state index in [2.05, 4.69) is 9.97 Å². The zero-order valence-electron chi connectivity index (χ0n) is 61.8. The van der Waals surface area contributed by atoms with Gasteiger partial charge in [-0.2, -0.15) is 0 Å². The van der Waals surface area contributed by atoms with E-state index < -0.39 is 239 Å². The number of rotatable bonds is 24. The standard InChI is InChI=1S/C80H58N16O16S8/c97-113(98,49-25-9-1-10-26-49)41-57-58(42-114(99,100)50-27-11-2-12-28-50)82-66-65(81-57)73-89-74(66)94-76-69-70(86-62(46-118(107,108)54-35-19-6-20-36-54)61(85-69)45-117(105,106)53-33-17-5-18-34-53)78(91-76)96-80-72-71(87-63(47-119(109,110)55-37-21-7-22-38-55)64(88-72)48-120(111,112)56-39-23-8-24-40-56)79(92-80)95-77-68-67(75(90-77)93-73)83-59(43-115(101,102)51-29-13-3-14-30-51)60(84-68)44-116(103,104)52-31-15-4-16-32-52/h1-40H,41-48H2,(H2,89,90,91,92,93,94,95,96). The molecule has 15 aromatic rings. The van der Waals surface area contributed by atoms with E-state index in [-0.39, 0.29) is 61.2 Å². The van der Waals surface area contributed by atoms with Crippen molar-refractivity contribution in [1.29, 1.82) is 0 Å². The Labute approximate surface area is 684 Å². The molecule has 7 aromatic heterocycles. The predicted octanol–water partition coefficient (Wildman–Crippen LogP) is 9.82. The van der Waals surface area contributed by atoms with Crippen LogP contribution in [-0.2, 0) is 125 Å². The Morgan fingerprint density at radius 3 is 0.442 bits per heavy atom. The van der Waals surface area contributed by atoms with Crippen LogP contribution in [0.15, 0.2) is 282 Å². The molecule has 0 saturated carbocycles. The Morgan fingerprint density at radius 2 is 0.300 bits per heavy atom. The topological polar surface area (TPSA) is 485 Å². The molecule has 2 aliphatic heterocycles. The third-order valence-electron chi connectivity index (χ3n) is 19.1. The summed E-state index contributed by atoms with van der Waals surface area (Å²) in [5, 5.41) is 0. The molecule has 32 nitrogen and oxygen atoms in total. The van der Waals surface area contributed by atoms with Crippen molar-refractivity contribution in [2.45, 2.75) is 85.2 Å². The van der Waals surface area contributed by atoms with E-state index in [1.165, 1.54) is 194 Å². The van der Waals surface area contributed by atoms with E-state index in [1.54, 1.807) is 48.5 Å². The molecule has 0 radical (unpaired) electrons. The van der Waals surface area contributed by atoms with Crippen molar-refractivity contribution in [3.05, 3.63) is 288 Å². The van der Waals surface area contributed by atoms with Crippen molar-refractivity contribution >= 4 is 123 Å². The number of nitrogens with zero attached hydrogens (tertiary/aromatic N) is 14. The fourth-order valence-corrected chi connectivity index (χ4v) is 23.9. The number of fused-ring (bicyclic) bond motifs is 20. The van der Waals surface area contributed by atoms with Gasteiger partial charge in [0.15, 0.2) is 125 Å². The van der Waals surface area contributed by atoms with Crippen molar-refractivity contribution < 1.29 is 67.3 Å². The maximum absolute atomic E-state index is 14.7. The van der Waals surface area contributed by atoms with E-state index in [1.807, 2.05) is 0 Å². The molecule has 2 aliphatic rings. The Kier molecular flexibility index (Phi) is 20.4. The van der Waals surface area contributed by atoms with Crippen molar-refractivity contribution in [1.82, 2.24) is 79.7 Å². The summed E-state index contributed by atoms with van der Waals surface area (Å²) in [5.74, 6) is -10.2. The summed E-state index contributed by atoms with van der Waals surface area (Å²) in [4.78, 5) is 73.3. The highest BCUT2D eigenvalue weighted by Gasteiger charge is 2.36. The molecular formula is C80H58N16O16S8. The lowest BCUT2D eigenvalue weighted by molar-refractivity contribution is 0.590. The van der Waals surface area contributed by atoms with Gasteiger partial charge in [-0.05, 0) is 97.1 Å². The fourth-order valence-electron chi connectivity index (χ4n) is 13.3. The smallest absolute Gasteiger partial charge is 0.184 e. The van der Waals surface area contributed by atoms with Gasteiger partial charge in [-0.15, -0.1) is 0 Å². The van der Waals surface area contributed by atoms with Gasteiger partial charge in [0, 0.05) is 0 Å². The van der Waals surface area contributed by atoms with Crippen LogP contribution in [-0.4, -0.2) is 147 Å². The highest BCUT2D eigenvalue weighted by Crippen LogP contribution is 2.39. The number of hydrogen-bond donors (Lipinski definition) is 2. The van der Waals surface area contributed by atoms with E-state index in [4.69, 9.17) is 69.8 Å². The van der Waals surface area contributed by atoms with Crippen LogP contribution in [0, 0.1) is 0 Å². The monoisotopic (exact) mass is 1750 g/mol. The first-order valence-corrected chi connectivity index (χ1v) is 49.2. The summed E-state index contributed by atoms with van der Waals surface area (Å²) in [6.07, 6.45) is 0. The first kappa shape index (κ1) is 79.5. The van der Waals surface area contributed by atoms with Crippen LogP contribution in [0.25, 0.3) is 90.7 Å². The molecule has 9 heterocycles. The van der Waals surface area contributed by atoms with Crippen LogP contribution in [0.4, 0.5) is 0 Å². The fraction of sp³-hybridized carbons (Fsp3) is 0.100. The lowest BCUT2D eigenvalue weighted by Crippen LogP contribution is -2.15. The van der Waals surface area contributed by atoms with Crippen LogP contribution in [0.1, 0.15) is 45.6 Å². The zero-order valence-corrected chi connectivity index (χ0v) is 68.3. The maximum Gasteiger partial charge on any atom is 0.184 e. The summed E-state index contributed by atoms with van der Waals surface area (Å²) in [6, 6.07) is 57.2. The lowest BCUT2D eigenvalue weighted by atomic mass is 10.2. The summed E-state index contributed by atoms with van der Waals surface area (Å²) < 4.78 is 236. The van der Waals surface area contributed by atoms with Gasteiger partial charge in [-0.3, -0.25) is 0 Å². The van der Waals surface area contributed by atoms with Gasteiger partial charge < -0.3 is 9.97 Å². The van der Waals surface area contributed by atoms with Gasteiger partial charge in [0.05, 0.1) is 131 Å². The van der Waals surface area contributed by atoms with Crippen LogP contribution in [0.2, 0.25) is 0 Å². The van der Waals surface area contributed by atoms with Crippen molar-refractivity contribution in [2.75, 3.05) is 0 Å². The predicted molar refractivity (Wildman–Crippen MR) is 437 cm³/mol. The number of benzene rings is 8. The minimum absolute atomic E-state index is 0.204. The Balaban J connectivity index is 1.02. The first-order chi connectivity index (χ1) is 57.3. The normalized spacial score (nSPS) is 12.8. The van der Waals surface area contributed by atoms with Gasteiger partial charge in [0.1, 0.15) is 44.8 Å². The van der Waals surface area contributed by atoms with Crippen molar-refractivity contribution in [3.63, 3.8) is 0 Å². The molecule has 0 spiro atoms. The first-order valence-electron chi connectivity index (χ1n) is 36.0. The largest absolute Gasteiger partial charge is 0.321 e. The van der Waals surface area contributed by atoms with Crippen LogP contribution < -0.4 is 0 Å². The molecule has 8 aromatic carbocycles. The molecule has 0 saturated heterocycles. The van der Waals surface area contributed by atoms with Gasteiger partial charge in [0.2, 0.25) is 0 Å². The minimum Gasteiger partial charge on any atom is -0.321 e. The molecule has 2 N–H and O–H groups in total.